The third-order valence-electron chi connectivity index (χ3n) is 4.65. The summed E-state index contributed by atoms with van der Waals surface area (Å²) in [5, 5.41) is 17.5. The molecule has 3 heterocycles. The van der Waals surface area contributed by atoms with Gasteiger partial charge < -0.3 is 19.2 Å². The lowest BCUT2D eigenvalue weighted by Crippen LogP contribution is -2.42. The van der Waals surface area contributed by atoms with Crippen LogP contribution in [-0.4, -0.2) is 76.9 Å². The third-order valence-corrected chi connectivity index (χ3v) is 4.65. The van der Waals surface area contributed by atoms with Crippen LogP contribution in [0.15, 0.2) is 4.42 Å². The molecule has 2 aliphatic heterocycles. The van der Waals surface area contributed by atoms with Crippen LogP contribution in [0.1, 0.15) is 11.8 Å². The number of aromatic nitrogens is 2. The highest BCUT2D eigenvalue weighted by molar-refractivity contribution is 5.82. The van der Waals surface area contributed by atoms with Crippen molar-refractivity contribution in [2.45, 2.75) is 13.5 Å². The van der Waals surface area contributed by atoms with Crippen molar-refractivity contribution >= 4 is 11.9 Å². The minimum atomic E-state index is -0.932. The van der Waals surface area contributed by atoms with Gasteiger partial charge in [0.1, 0.15) is 12.0 Å². The molecule has 2 fully saturated rings. The molecule has 2 aliphatic rings. The molecule has 9 nitrogen and oxygen atoms in total. The summed E-state index contributed by atoms with van der Waals surface area (Å²) in [7, 11) is 1.45. The third kappa shape index (κ3) is 2.81. The number of methoxy groups -OCH3 is 1. The maximum absolute atomic E-state index is 12.0. The van der Waals surface area contributed by atoms with Crippen LogP contribution < -0.4 is 0 Å². The molecule has 1 amide bonds. The number of aliphatic carboxylic acids is 1. The van der Waals surface area contributed by atoms with Crippen LogP contribution in [-0.2, 0) is 20.9 Å². The van der Waals surface area contributed by atoms with Crippen LogP contribution >= 0.6 is 0 Å². The van der Waals surface area contributed by atoms with Crippen molar-refractivity contribution in [3.8, 4) is 0 Å². The van der Waals surface area contributed by atoms with E-state index < -0.39 is 11.4 Å². The van der Waals surface area contributed by atoms with Gasteiger partial charge in [0.15, 0.2) is 0 Å². The Kier molecular flexibility index (Phi) is 4.07. The average molecular weight is 324 g/mol. The van der Waals surface area contributed by atoms with Crippen molar-refractivity contribution < 1.29 is 23.8 Å². The minimum absolute atomic E-state index is 0.0204. The number of hydrogen-bond acceptors (Lipinski definition) is 7. The number of amides is 1. The second-order valence-corrected chi connectivity index (χ2v) is 6.25. The lowest BCUT2D eigenvalue weighted by atomic mass is 9.81. The Labute approximate surface area is 133 Å². The number of rotatable bonds is 5. The van der Waals surface area contributed by atoms with Gasteiger partial charge in [-0.05, 0) is 0 Å². The number of nitrogens with zero attached hydrogens (tertiary/aromatic N) is 4. The second-order valence-electron chi connectivity index (χ2n) is 6.25. The molecule has 0 aliphatic carbocycles. The molecule has 0 aromatic carbocycles. The van der Waals surface area contributed by atoms with Crippen molar-refractivity contribution in [2.75, 3.05) is 39.9 Å². The van der Waals surface area contributed by atoms with Gasteiger partial charge in [-0.25, -0.2) is 0 Å². The number of likely N-dealkylation sites (tertiary alicyclic amines) is 2. The fourth-order valence-electron chi connectivity index (χ4n) is 3.59. The molecular weight excluding hydrogens is 304 g/mol. The number of carboxylic acid groups (broad SMARTS) is 1. The zero-order valence-electron chi connectivity index (χ0n) is 13.2. The summed E-state index contributed by atoms with van der Waals surface area (Å²) in [6, 6.07) is 0. The molecule has 0 unspecified atom stereocenters. The Bertz CT molecular complexity index is 618. The van der Waals surface area contributed by atoms with Crippen molar-refractivity contribution in [2.24, 2.45) is 11.3 Å². The van der Waals surface area contributed by atoms with Crippen LogP contribution in [0.4, 0.5) is 0 Å². The van der Waals surface area contributed by atoms with E-state index in [-0.39, 0.29) is 25.0 Å². The van der Waals surface area contributed by atoms with Crippen LogP contribution in [0.3, 0.4) is 0 Å². The molecule has 0 radical (unpaired) electrons. The van der Waals surface area contributed by atoms with Crippen LogP contribution in [0.5, 0.6) is 0 Å². The summed E-state index contributed by atoms with van der Waals surface area (Å²) in [6.45, 7) is 3.73. The summed E-state index contributed by atoms with van der Waals surface area (Å²) in [5.41, 5.74) is -0.932. The van der Waals surface area contributed by atoms with Gasteiger partial charge >= 0.3 is 5.97 Å². The summed E-state index contributed by atoms with van der Waals surface area (Å²) < 4.78 is 10.2. The number of aryl methyl sites for hydroxylation is 1. The Balaban J connectivity index is 1.71. The van der Waals surface area contributed by atoms with E-state index in [2.05, 4.69) is 10.2 Å². The first-order valence-electron chi connectivity index (χ1n) is 7.46. The standard InChI is InChI=1S/C14H20N4O5/c1-9-15-16-11(23-9)5-17-3-10-4-18(12(19)6-22-2)8-14(10,7-17)13(20)21/h10H,3-8H2,1-2H3,(H,20,21)/t10-,14-/m0/s1. The molecule has 2 saturated heterocycles. The summed E-state index contributed by atoms with van der Waals surface area (Å²) in [6.07, 6.45) is 0. The van der Waals surface area contributed by atoms with Crippen LogP contribution in [0.2, 0.25) is 0 Å². The van der Waals surface area contributed by atoms with Gasteiger partial charge in [-0.3, -0.25) is 14.5 Å². The Hall–Kier alpha value is -2.00. The SMILES string of the molecule is COCC(=O)N1C[C@@H]2CN(Cc3nnc(C)o3)C[C@]2(C(=O)O)C1. The lowest BCUT2D eigenvalue weighted by Gasteiger charge is -2.24. The fourth-order valence-corrected chi connectivity index (χ4v) is 3.59. The van der Waals surface area contributed by atoms with Crippen molar-refractivity contribution in [3.63, 3.8) is 0 Å². The van der Waals surface area contributed by atoms with E-state index in [1.807, 2.05) is 4.90 Å². The number of ether oxygens (including phenoxy) is 1. The van der Waals surface area contributed by atoms with Gasteiger partial charge in [0.25, 0.3) is 0 Å². The molecule has 1 aromatic heterocycles. The van der Waals surface area contributed by atoms with E-state index in [1.54, 1.807) is 11.8 Å². The molecule has 0 spiro atoms. The zero-order valence-corrected chi connectivity index (χ0v) is 13.2. The average Bonchev–Trinajstić information content (AvgIpc) is 3.12. The fraction of sp³-hybridized carbons (Fsp3) is 0.714. The van der Waals surface area contributed by atoms with Gasteiger partial charge in [-0.1, -0.05) is 0 Å². The minimum Gasteiger partial charge on any atom is -0.481 e. The van der Waals surface area contributed by atoms with E-state index in [9.17, 15) is 14.7 Å². The zero-order chi connectivity index (χ0) is 16.6. The van der Waals surface area contributed by atoms with Gasteiger partial charge in [-0.15, -0.1) is 10.2 Å². The first kappa shape index (κ1) is 15.9. The first-order chi connectivity index (χ1) is 10.9. The van der Waals surface area contributed by atoms with E-state index in [1.165, 1.54) is 7.11 Å². The van der Waals surface area contributed by atoms with E-state index >= 15 is 0 Å². The maximum Gasteiger partial charge on any atom is 0.313 e. The molecule has 23 heavy (non-hydrogen) atoms. The molecule has 2 atom stereocenters. The topological polar surface area (TPSA) is 109 Å². The Morgan fingerprint density at radius 3 is 2.74 bits per heavy atom. The molecule has 0 saturated carbocycles. The first-order valence-corrected chi connectivity index (χ1v) is 7.46. The van der Waals surface area contributed by atoms with Crippen molar-refractivity contribution in [3.05, 3.63) is 11.8 Å². The number of carbonyl (C=O) groups excluding carboxylic acids is 1. The molecule has 0 bridgehead atoms. The van der Waals surface area contributed by atoms with Crippen LogP contribution in [0.25, 0.3) is 0 Å². The van der Waals surface area contributed by atoms with E-state index in [4.69, 9.17) is 9.15 Å². The highest BCUT2D eigenvalue weighted by atomic mass is 16.5. The maximum atomic E-state index is 12.0. The smallest absolute Gasteiger partial charge is 0.313 e. The van der Waals surface area contributed by atoms with Gasteiger partial charge in [0, 0.05) is 46.1 Å². The number of carboxylic acids is 1. The van der Waals surface area contributed by atoms with Crippen molar-refractivity contribution in [1.82, 2.24) is 20.0 Å². The molecule has 126 valence electrons. The molecule has 1 aromatic rings. The van der Waals surface area contributed by atoms with Crippen molar-refractivity contribution in [1.29, 1.82) is 0 Å². The molecule has 1 N–H and O–H groups in total. The molecule has 3 rings (SSSR count). The highest BCUT2D eigenvalue weighted by Crippen LogP contribution is 2.43. The second kappa shape index (κ2) is 5.89. The largest absolute Gasteiger partial charge is 0.481 e. The predicted molar refractivity (Wildman–Crippen MR) is 76.3 cm³/mol. The predicted octanol–water partition coefficient (Wildman–Crippen LogP) is -0.631. The highest BCUT2D eigenvalue weighted by Gasteiger charge is 2.58. The van der Waals surface area contributed by atoms with Gasteiger partial charge in [0.05, 0.1) is 6.54 Å². The summed E-state index contributed by atoms with van der Waals surface area (Å²) in [4.78, 5) is 27.5. The number of carbonyl (C=O) groups is 2. The number of hydrogen-bond donors (Lipinski definition) is 1. The Morgan fingerprint density at radius 2 is 2.17 bits per heavy atom. The lowest BCUT2D eigenvalue weighted by molar-refractivity contribution is -0.149. The normalized spacial score (nSPS) is 27.4. The molecular formula is C14H20N4O5. The summed E-state index contributed by atoms with van der Waals surface area (Å²) in [5.74, 6) is -0.162. The Morgan fingerprint density at radius 1 is 1.39 bits per heavy atom. The van der Waals surface area contributed by atoms with Crippen LogP contribution in [0, 0.1) is 18.3 Å². The molecule has 9 heteroatoms. The van der Waals surface area contributed by atoms with Gasteiger partial charge in [0.2, 0.25) is 17.7 Å². The van der Waals surface area contributed by atoms with Gasteiger partial charge in [-0.2, -0.15) is 0 Å². The summed E-state index contributed by atoms with van der Waals surface area (Å²) >= 11 is 0. The van der Waals surface area contributed by atoms with E-state index in [0.717, 1.165) is 0 Å². The van der Waals surface area contributed by atoms with E-state index in [0.29, 0.717) is 38.0 Å². The number of fused-ring (bicyclic) bond motifs is 1. The quantitative estimate of drug-likeness (QED) is 0.762. The monoisotopic (exact) mass is 324 g/mol.